The zero-order chi connectivity index (χ0) is 10.8. The molecule has 0 amide bonds. The molecule has 0 aromatic carbocycles. The monoisotopic (exact) mass is 211 g/mol. The molecule has 15 heavy (non-hydrogen) atoms. The maximum atomic E-state index is 10.4. The van der Waals surface area contributed by atoms with Gasteiger partial charge in [-0.25, -0.2) is 0 Å². The van der Waals surface area contributed by atoms with Crippen molar-refractivity contribution >= 4 is 5.97 Å². The van der Waals surface area contributed by atoms with E-state index in [0.29, 0.717) is 11.6 Å². The normalized spacial score (nSPS) is 17.7. The van der Waals surface area contributed by atoms with Crippen molar-refractivity contribution in [3.63, 3.8) is 0 Å². The number of rotatable bonds is 5. The van der Waals surface area contributed by atoms with Crippen LogP contribution in [-0.2, 0) is 11.3 Å². The first kappa shape index (κ1) is 10.1. The molecule has 1 aliphatic rings. The van der Waals surface area contributed by atoms with Gasteiger partial charge in [-0.2, -0.15) is 0 Å². The van der Waals surface area contributed by atoms with E-state index in [1.54, 1.807) is 10.9 Å². The molecule has 6 nitrogen and oxygen atoms in total. The summed E-state index contributed by atoms with van der Waals surface area (Å²) in [6, 6.07) is 0. The van der Waals surface area contributed by atoms with E-state index in [1.807, 2.05) is 0 Å². The Labute approximate surface area is 86.5 Å². The van der Waals surface area contributed by atoms with Gasteiger partial charge in [0.05, 0.1) is 12.6 Å². The second kappa shape index (κ2) is 3.98. The molecule has 1 unspecified atom stereocenters. The molecule has 0 saturated heterocycles. The number of aliphatic hydroxyl groups is 1. The second-order valence-electron chi connectivity index (χ2n) is 3.92. The minimum atomic E-state index is -1.06. The highest BCUT2D eigenvalue weighted by atomic mass is 16.4. The number of aromatic nitrogens is 3. The molecule has 0 aliphatic heterocycles. The van der Waals surface area contributed by atoms with Gasteiger partial charge in [-0.05, 0) is 18.8 Å². The molecule has 1 aromatic rings. The molecule has 2 rings (SSSR count). The maximum absolute atomic E-state index is 10.4. The van der Waals surface area contributed by atoms with Crippen LogP contribution in [0.1, 0.15) is 31.1 Å². The van der Waals surface area contributed by atoms with Gasteiger partial charge in [-0.15, -0.1) is 5.10 Å². The maximum Gasteiger partial charge on any atom is 0.306 e. The predicted octanol–water partition coefficient (Wildman–Crippen LogP) is 0.196. The molecule has 1 fully saturated rings. The van der Waals surface area contributed by atoms with Crippen molar-refractivity contribution < 1.29 is 15.0 Å². The van der Waals surface area contributed by atoms with Gasteiger partial charge in [0.1, 0.15) is 11.8 Å². The van der Waals surface area contributed by atoms with Crippen molar-refractivity contribution in [3.8, 4) is 0 Å². The van der Waals surface area contributed by atoms with Gasteiger partial charge in [0.25, 0.3) is 0 Å². The molecule has 2 N–H and O–H groups in total. The summed E-state index contributed by atoms with van der Waals surface area (Å²) in [7, 11) is 0. The Kier molecular flexibility index (Phi) is 2.68. The highest BCUT2D eigenvalue weighted by Crippen LogP contribution is 2.30. The number of nitrogens with zero attached hydrogens (tertiary/aromatic N) is 3. The van der Waals surface area contributed by atoms with Crippen LogP contribution >= 0.6 is 0 Å². The van der Waals surface area contributed by atoms with Crippen molar-refractivity contribution in [2.45, 2.75) is 31.9 Å². The molecule has 0 radical (unpaired) electrons. The van der Waals surface area contributed by atoms with Crippen LogP contribution in [0.5, 0.6) is 0 Å². The highest BCUT2D eigenvalue weighted by Gasteiger charge is 2.23. The molecule has 1 aromatic heterocycles. The summed E-state index contributed by atoms with van der Waals surface area (Å²) in [5, 5.41) is 25.5. The summed E-state index contributed by atoms with van der Waals surface area (Å²) < 4.78 is 1.66. The molecule has 82 valence electrons. The van der Waals surface area contributed by atoms with Crippen LogP contribution < -0.4 is 0 Å². The van der Waals surface area contributed by atoms with Crippen LogP contribution in [0, 0.1) is 5.92 Å². The van der Waals surface area contributed by atoms with Gasteiger partial charge < -0.3 is 10.2 Å². The van der Waals surface area contributed by atoms with Gasteiger partial charge in [0.2, 0.25) is 0 Å². The third-order valence-electron chi connectivity index (χ3n) is 2.41. The molecule has 1 atom stereocenters. The van der Waals surface area contributed by atoms with Crippen molar-refractivity contribution in [2.24, 2.45) is 5.92 Å². The summed E-state index contributed by atoms with van der Waals surface area (Å²) >= 11 is 0. The predicted molar refractivity (Wildman–Crippen MR) is 50.0 cm³/mol. The first-order valence-corrected chi connectivity index (χ1v) is 4.95. The molecular formula is C9H13N3O3. The standard InChI is InChI=1S/C9H13N3O3/c13-8(3-9(14)15)7-5-12(11-10-7)4-6-1-2-6/h5-6,8,13H,1-4H2,(H,14,15). The Balaban J connectivity index is 1.95. The Morgan fingerprint density at radius 2 is 2.40 bits per heavy atom. The van der Waals surface area contributed by atoms with E-state index >= 15 is 0 Å². The molecular weight excluding hydrogens is 198 g/mol. The van der Waals surface area contributed by atoms with Gasteiger partial charge >= 0.3 is 5.97 Å². The van der Waals surface area contributed by atoms with Crippen LogP contribution in [0.15, 0.2) is 6.20 Å². The van der Waals surface area contributed by atoms with Crippen molar-refractivity contribution in [1.82, 2.24) is 15.0 Å². The first-order chi connectivity index (χ1) is 7.15. The van der Waals surface area contributed by atoms with Crippen LogP contribution in [0.25, 0.3) is 0 Å². The van der Waals surface area contributed by atoms with Gasteiger partial charge in [0.15, 0.2) is 0 Å². The topological polar surface area (TPSA) is 88.2 Å². The van der Waals surface area contributed by atoms with Gasteiger partial charge in [-0.3, -0.25) is 9.48 Å². The van der Waals surface area contributed by atoms with Crippen molar-refractivity contribution in [3.05, 3.63) is 11.9 Å². The summed E-state index contributed by atoms with van der Waals surface area (Å²) in [4.78, 5) is 10.4. The first-order valence-electron chi connectivity index (χ1n) is 4.95. The Hall–Kier alpha value is -1.43. The number of aliphatic hydroxyl groups excluding tert-OH is 1. The lowest BCUT2D eigenvalue weighted by atomic mass is 10.2. The Morgan fingerprint density at radius 3 is 3.00 bits per heavy atom. The minimum Gasteiger partial charge on any atom is -0.481 e. The Bertz CT molecular complexity index is 359. The third-order valence-corrected chi connectivity index (χ3v) is 2.41. The lowest BCUT2D eigenvalue weighted by Gasteiger charge is -2.01. The van der Waals surface area contributed by atoms with Gasteiger partial charge in [0, 0.05) is 6.54 Å². The summed E-state index contributed by atoms with van der Waals surface area (Å²) in [6.45, 7) is 0.812. The van der Waals surface area contributed by atoms with E-state index in [4.69, 9.17) is 5.11 Å². The van der Waals surface area contributed by atoms with Crippen LogP contribution in [0.2, 0.25) is 0 Å². The van der Waals surface area contributed by atoms with Crippen molar-refractivity contribution in [1.29, 1.82) is 0 Å². The number of hydrogen-bond donors (Lipinski definition) is 2. The summed E-state index contributed by atoms with van der Waals surface area (Å²) in [5.74, 6) is -0.365. The summed E-state index contributed by atoms with van der Waals surface area (Å²) in [6.07, 6.45) is 2.66. The van der Waals surface area contributed by atoms with E-state index < -0.39 is 12.1 Å². The lowest BCUT2D eigenvalue weighted by Crippen LogP contribution is -2.05. The Morgan fingerprint density at radius 1 is 1.67 bits per heavy atom. The molecule has 0 bridgehead atoms. The third kappa shape index (κ3) is 2.76. The SMILES string of the molecule is O=C(O)CC(O)c1cn(CC2CC2)nn1. The smallest absolute Gasteiger partial charge is 0.306 e. The number of aliphatic carboxylic acids is 1. The van der Waals surface area contributed by atoms with E-state index in [1.165, 1.54) is 12.8 Å². The number of carbonyl (C=O) groups is 1. The average molecular weight is 211 g/mol. The van der Waals surface area contributed by atoms with Crippen LogP contribution in [0.4, 0.5) is 0 Å². The number of hydrogen-bond acceptors (Lipinski definition) is 4. The van der Waals surface area contributed by atoms with E-state index in [2.05, 4.69) is 10.3 Å². The van der Waals surface area contributed by atoms with Crippen molar-refractivity contribution in [2.75, 3.05) is 0 Å². The fourth-order valence-corrected chi connectivity index (χ4v) is 1.39. The summed E-state index contributed by atoms with van der Waals surface area (Å²) in [5.41, 5.74) is 0.332. The van der Waals surface area contributed by atoms with Gasteiger partial charge in [-0.1, -0.05) is 5.21 Å². The van der Waals surface area contributed by atoms with E-state index in [-0.39, 0.29) is 6.42 Å². The number of carboxylic acid groups (broad SMARTS) is 1. The minimum absolute atomic E-state index is 0.331. The zero-order valence-corrected chi connectivity index (χ0v) is 8.20. The average Bonchev–Trinajstić information content (AvgIpc) is 2.80. The van der Waals surface area contributed by atoms with E-state index in [9.17, 15) is 9.90 Å². The quantitative estimate of drug-likeness (QED) is 0.726. The number of carboxylic acids is 1. The van der Waals surface area contributed by atoms with E-state index in [0.717, 1.165) is 6.54 Å². The molecule has 1 saturated carbocycles. The molecule has 6 heteroatoms. The fourth-order valence-electron chi connectivity index (χ4n) is 1.39. The fraction of sp³-hybridized carbons (Fsp3) is 0.667. The van der Waals surface area contributed by atoms with Crippen LogP contribution in [-0.4, -0.2) is 31.2 Å². The largest absolute Gasteiger partial charge is 0.481 e. The zero-order valence-electron chi connectivity index (χ0n) is 8.20. The molecule has 1 aliphatic carbocycles. The lowest BCUT2D eigenvalue weighted by molar-refractivity contribution is -0.139. The highest BCUT2D eigenvalue weighted by molar-refractivity contribution is 5.67. The van der Waals surface area contributed by atoms with Crippen LogP contribution in [0.3, 0.4) is 0 Å². The molecule has 0 spiro atoms. The molecule has 1 heterocycles. The second-order valence-corrected chi connectivity index (χ2v) is 3.92.